The first kappa shape index (κ1) is 53.6. The van der Waals surface area contributed by atoms with Crippen LogP contribution >= 0.6 is 0 Å². The largest absolute Gasteiger partial charge is 0.440 e. The summed E-state index contributed by atoms with van der Waals surface area (Å²) in [5.74, 6) is 0. The third-order valence-corrected chi connectivity index (χ3v) is 26.1. The highest BCUT2D eigenvalue weighted by atomic mass is 28.4. The first-order valence-electron chi connectivity index (χ1n) is 25.3. The Bertz CT molecular complexity index is 552. The Hall–Kier alpha value is 0.571. The summed E-state index contributed by atoms with van der Waals surface area (Å²) in [6, 6.07) is 8.58. The van der Waals surface area contributed by atoms with Crippen molar-refractivity contribution in [3.05, 3.63) is 0 Å². The molecule has 0 aliphatic rings. The van der Waals surface area contributed by atoms with E-state index in [0.29, 0.717) is 0 Å². The lowest BCUT2D eigenvalue weighted by Gasteiger charge is -2.37. The summed E-state index contributed by atoms with van der Waals surface area (Å²) >= 11 is 0. The molecule has 0 aromatic carbocycles. The predicted octanol–water partition coefficient (Wildman–Crippen LogP) is 18.1. The lowest BCUT2D eigenvalue weighted by molar-refractivity contribution is 0.417. The van der Waals surface area contributed by atoms with Crippen LogP contribution in [0.15, 0.2) is 0 Å². The molecule has 53 heavy (non-hydrogen) atoms. The zero-order valence-electron chi connectivity index (χ0n) is 38.2. The molecule has 5 heteroatoms. The molecule has 0 aliphatic carbocycles. The molecule has 2 nitrogen and oxygen atoms in total. The first-order valence-corrected chi connectivity index (χ1v) is 31.6. The zero-order chi connectivity index (χ0) is 38.8. The number of hydrogen-bond acceptors (Lipinski definition) is 2. The minimum absolute atomic E-state index is 0.959. The monoisotopic (exact) mass is 797 g/mol. The average Bonchev–Trinajstić information content (AvgIpc) is 3.16. The number of hydrogen-bond donors (Lipinski definition) is 0. The van der Waals surface area contributed by atoms with Gasteiger partial charge in [0.25, 0.3) is 10.0 Å². The van der Waals surface area contributed by atoms with Crippen LogP contribution in [0.3, 0.4) is 0 Å². The van der Waals surface area contributed by atoms with E-state index < -0.39 is 26.6 Å². The lowest BCUT2D eigenvalue weighted by atomic mass is 10.1. The predicted molar refractivity (Wildman–Crippen MR) is 251 cm³/mol. The zero-order valence-corrected chi connectivity index (χ0v) is 41.6. The standard InChI is InChI=1S/C48H104O2Si3/c1-7-13-19-25-31-37-43-52(44-38-32-26-20-14-8-2,45-39-33-27-21-15-9-3)49-51-50-53(46-40-34-28-22-16-10-4,47-41-35-29-23-17-11-5)48-42-36-30-24-18-12-6/h7-48,51H2,1-6H3. The van der Waals surface area contributed by atoms with E-state index in [2.05, 4.69) is 41.5 Å². The van der Waals surface area contributed by atoms with Gasteiger partial charge in [-0.05, 0) is 36.3 Å². The topological polar surface area (TPSA) is 18.5 Å². The van der Waals surface area contributed by atoms with Crippen LogP contribution in [0.2, 0.25) is 36.3 Å². The van der Waals surface area contributed by atoms with Crippen molar-refractivity contribution in [2.75, 3.05) is 0 Å². The van der Waals surface area contributed by atoms with Crippen LogP contribution in [0.1, 0.15) is 273 Å². The lowest BCUT2D eigenvalue weighted by Crippen LogP contribution is -2.45. The second kappa shape index (κ2) is 42.2. The quantitative estimate of drug-likeness (QED) is 0.0451. The van der Waals surface area contributed by atoms with Crippen molar-refractivity contribution in [2.24, 2.45) is 0 Å². The van der Waals surface area contributed by atoms with E-state index in [4.69, 9.17) is 8.23 Å². The molecule has 0 unspecified atom stereocenters. The molecular weight excluding hydrogens is 693 g/mol. The van der Waals surface area contributed by atoms with E-state index >= 15 is 0 Å². The first-order chi connectivity index (χ1) is 26.1. The average molecular weight is 798 g/mol. The van der Waals surface area contributed by atoms with Gasteiger partial charge in [-0.2, -0.15) is 0 Å². The third kappa shape index (κ3) is 34.3. The van der Waals surface area contributed by atoms with Crippen molar-refractivity contribution in [1.29, 1.82) is 0 Å². The molecule has 0 spiro atoms. The van der Waals surface area contributed by atoms with Gasteiger partial charge in [-0.25, -0.2) is 0 Å². The molecule has 0 aromatic rings. The normalized spacial score (nSPS) is 12.3. The van der Waals surface area contributed by atoms with Gasteiger partial charge in [-0.3, -0.25) is 0 Å². The minimum Gasteiger partial charge on any atom is -0.440 e. The Kier molecular flexibility index (Phi) is 42.6. The molecule has 0 N–H and O–H groups in total. The van der Waals surface area contributed by atoms with Gasteiger partial charge < -0.3 is 8.23 Å². The van der Waals surface area contributed by atoms with Crippen molar-refractivity contribution in [3.63, 3.8) is 0 Å². The summed E-state index contributed by atoms with van der Waals surface area (Å²) in [6.07, 6.45) is 50.9. The SMILES string of the molecule is CCCCCCCC[Si](CCCCCCCC)(CCCCCCCC)O[SiH2]O[Si](CCCCCCCC)(CCCCCCCC)CCCCCCCC. The van der Waals surface area contributed by atoms with E-state index in [1.54, 1.807) is 0 Å². The van der Waals surface area contributed by atoms with Gasteiger partial charge in [-0.1, -0.05) is 273 Å². The molecule has 0 rings (SSSR count). The fourth-order valence-corrected chi connectivity index (χ4v) is 21.9. The van der Waals surface area contributed by atoms with Gasteiger partial charge in [0.2, 0.25) is 0 Å². The second-order valence-corrected chi connectivity index (χ2v) is 28.2. The van der Waals surface area contributed by atoms with E-state index in [1.165, 1.54) is 267 Å². The highest BCUT2D eigenvalue weighted by Gasteiger charge is 2.37. The molecule has 0 aliphatic heterocycles. The molecule has 0 atom stereocenters. The molecule has 0 fully saturated rings. The minimum atomic E-state index is -1.80. The molecule has 0 bridgehead atoms. The smallest absolute Gasteiger partial charge is 0.283 e. The number of unbranched alkanes of at least 4 members (excludes halogenated alkanes) is 30. The van der Waals surface area contributed by atoms with Crippen molar-refractivity contribution < 1.29 is 8.23 Å². The highest BCUT2D eigenvalue weighted by Crippen LogP contribution is 2.34. The van der Waals surface area contributed by atoms with Crippen molar-refractivity contribution >= 4 is 26.6 Å². The van der Waals surface area contributed by atoms with Gasteiger partial charge in [0, 0.05) is 0 Å². The van der Waals surface area contributed by atoms with E-state index in [9.17, 15) is 0 Å². The third-order valence-electron chi connectivity index (χ3n) is 12.6. The van der Waals surface area contributed by atoms with E-state index in [1.807, 2.05) is 0 Å². The van der Waals surface area contributed by atoms with Gasteiger partial charge in [0.1, 0.15) is 0 Å². The summed E-state index contributed by atoms with van der Waals surface area (Å²) in [4.78, 5) is 0. The van der Waals surface area contributed by atoms with E-state index in [0.717, 1.165) is 0 Å². The van der Waals surface area contributed by atoms with E-state index in [-0.39, 0.29) is 0 Å². The van der Waals surface area contributed by atoms with Crippen LogP contribution in [-0.2, 0) is 8.23 Å². The van der Waals surface area contributed by atoms with Crippen LogP contribution in [0, 0.1) is 0 Å². The van der Waals surface area contributed by atoms with Crippen LogP contribution in [0.4, 0.5) is 0 Å². The summed E-state index contributed by atoms with van der Waals surface area (Å²) in [7, 11) is -4.56. The molecule has 0 heterocycles. The molecular formula is C48H104O2Si3. The molecule has 0 radical (unpaired) electrons. The Morgan fingerprint density at radius 1 is 0.226 bits per heavy atom. The van der Waals surface area contributed by atoms with Crippen molar-refractivity contribution in [3.8, 4) is 0 Å². The maximum atomic E-state index is 7.64. The maximum Gasteiger partial charge on any atom is 0.283 e. The summed E-state index contributed by atoms with van der Waals surface area (Å²) in [5, 5.41) is 0. The summed E-state index contributed by atoms with van der Waals surface area (Å²) < 4.78 is 15.3. The van der Waals surface area contributed by atoms with Crippen molar-refractivity contribution in [2.45, 2.75) is 309 Å². The van der Waals surface area contributed by atoms with Gasteiger partial charge in [0.15, 0.2) is 16.6 Å². The Balaban J connectivity index is 6.01. The Morgan fingerprint density at radius 3 is 0.547 bits per heavy atom. The summed E-state index contributed by atoms with van der Waals surface area (Å²) in [6.45, 7) is 14.1. The molecule has 0 saturated carbocycles. The van der Waals surface area contributed by atoms with Crippen LogP contribution < -0.4 is 0 Å². The molecule has 0 saturated heterocycles. The fourth-order valence-electron chi connectivity index (χ4n) is 8.83. The van der Waals surface area contributed by atoms with Gasteiger partial charge in [-0.15, -0.1) is 0 Å². The van der Waals surface area contributed by atoms with Crippen LogP contribution in [-0.4, -0.2) is 26.6 Å². The Labute approximate surface area is 342 Å². The molecule has 0 amide bonds. The second-order valence-electron chi connectivity index (χ2n) is 17.9. The molecule has 0 aromatic heterocycles. The number of rotatable bonds is 46. The van der Waals surface area contributed by atoms with Gasteiger partial charge in [0.05, 0.1) is 0 Å². The van der Waals surface area contributed by atoms with Crippen LogP contribution in [0.5, 0.6) is 0 Å². The van der Waals surface area contributed by atoms with Crippen molar-refractivity contribution in [1.82, 2.24) is 0 Å². The van der Waals surface area contributed by atoms with Gasteiger partial charge >= 0.3 is 0 Å². The molecule has 320 valence electrons. The maximum absolute atomic E-state index is 7.64. The summed E-state index contributed by atoms with van der Waals surface area (Å²) in [5.41, 5.74) is 0. The fraction of sp³-hybridized carbons (Fsp3) is 1.00. The highest BCUT2D eigenvalue weighted by molar-refractivity contribution is 6.80. The van der Waals surface area contributed by atoms with Crippen LogP contribution in [0.25, 0.3) is 0 Å². The Morgan fingerprint density at radius 2 is 0.377 bits per heavy atom.